The van der Waals surface area contributed by atoms with Gasteiger partial charge in [0.1, 0.15) is 11.6 Å². The average molecular weight is 596 g/mol. The largest absolute Gasteiger partial charge is 0.419 e. The summed E-state index contributed by atoms with van der Waals surface area (Å²) in [7, 11) is 0. The van der Waals surface area contributed by atoms with E-state index >= 15 is 0 Å². The standard InChI is InChI=1S/C28H31F6N7O/c1-17-13-40(25-22(28(32,33)34)8-5-9-35-25)10-11-41(17)26-37-23(16-39-14-18(2)42-19(3)15-39)36-24(38-26)20-6-4-7-21(12-20)27(29,30)31/h4-9,12,17-19H,10-11,13-16H2,1-3H3. The molecule has 5 rings (SSSR count). The predicted octanol–water partition coefficient (Wildman–Crippen LogP) is 5.30. The average Bonchev–Trinajstić information content (AvgIpc) is 2.91. The fourth-order valence-electron chi connectivity index (χ4n) is 5.50. The van der Waals surface area contributed by atoms with Crippen molar-refractivity contribution < 1.29 is 31.1 Å². The lowest BCUT2D eigenvalue weighted by atomic mass is 10.1. The highest BCUT2D eigenvalue weighted by atomic mass is 19.4. The molecule has 0 spiro atoms. The van der Waals surface area contributed by atoms with Crippen molar-refractivity contribution in [3.8, 4) is 11.4 Å². The van der Waals surface area contributed by atoms with E-state index in [1.54, 1.807) is 4.90 Å². The first-order chi connectivity index (χ1) is 19.8. The number of hydrogen-bond acceptors (Lipinski definition) is 8. The first kappa shape index (κ1) is 30.0. The van der Waals surface area contributed by atoms with E-state index in [4.69, 9.17) is 4.74 Å². The van der Waals surface area contributed by atoms with E-state index in [2.05, 4.69) is 24.8 Å². The van der Waals surface area contributed by atoms with Crippen LogP contribution in [0.4, 0.5) is 38.1 Å². The third-order valence-corrected chi connectivity index (χ3v) is 7.25. The second-order valence-corrected chi connectivity index (χ2v) is 10.8. The zero-order valence-electron chi connectivity index (χ0n) is 23.3. The maximum Gasteiger partial charge on any atom is 0.419 e. The Kier molecular flexibility index (Phi) is 8.30. The monoisotopic (exact) mass is 595 g/mol. The summed E-state index contributed by atoms with van der Waals surface area (Å²) in [6.07, 6.45) is -7.80. The van der Waals surface area contributed by atoms with E-state index < -0.39 is 23.5 Å². The van der Waals surface area contributed by atoms with Crippen LogP contribution in [0.3, 0.4) is 0 Å². The molecule has 8 nitrogen and oxygen atoms in total. The lowest BCUT2D eigenvalue weighted by molar-refractivity contribution is -0.138. The third kappa shape index (κ3) is 6.75. The number of anilines is 2. The number of aromatic nitrogens is 4. The normalized spacial score (nSPS) is 22.5. The van der Waals surface area contributed by atoms with Gasteiger partial charge < -0.3 is 14.5 Å². The Bertz CT molecular complexity index is 1390. The second-order valence-electron chi connectivity index (χ2n) is 10.8. The number of morpholine rings is 1. The number of nitrogens with zero attached hydrogens (tertiary/aromatic N) is 7. The van der Waals surface area contributed by atoms with E-state index in [9.17, 15) is 26.3 Å². The predicted molar refractivity (Wildman–Crippen MR) is 144 cm³/mol. The van der Waals surface area contributed by atoms with Gasteiger partial charge in [-0.05, 0) is 45.0 Å². The maximum atomic E-state index is 13.6. The second kappa shape index (κ2) is 11.6. The highest BCUT2D eigenvalue weighted by molar-refractivity contribution is 5.58. The van der Waals surface area contributed by atoms with Crippen LogP contribution >= 0.6 is 0 Å². The molecule has 3 aromatic rings. The SMILES string of the molecule is CC1CN(Cc2nc(-c3cccc(C(F)(F)F)c3)nc(N3CCN(c4ncccc4C(F)(F)F)CC3C)n2)CC(C)O1. The summed E-state index contributed by atoms with van der Waals surface area (Å²) < 4.78 is 87.2. The Labute approximate surface area is 239 Å². The fourth-order valence-corrected chi connectivity index (χ4v) is 5.50. The highest BCUT2D eigenvalue weighted by Gasteiger charge is 2.38. The van der Waals surface area contributed by atoms with Crippen LogP contribution in [0.5, 0.6) is 0 Å². The molecule has 2 fully saturated rings. The number of benzene rings is 1. The smallest absolute Gasteiger partial charge is 0.373 e. The first-order valence-electron chi connectivity index (χ1n) is 13.6. The summed E-state index contributed by atoms with van der Waals surface area (Å²) in [5.74, 6) is 0.584. The molecule has 0 saturated carbocycles. The summed E-state index contributed by atoms with van der Waals surface area (Å²) >= 11 is 0. The van der Waals surface area contributed by atoms with Crippen LogP contribution in [0.1, 0.15) is 37.7 Å². The van der Waals surface area contributed by atoms with Crippen molar-refractivity contribution in [1.82, 2.24) is 24.8 Å². The van der Waals surface area contributed by atoms with E-state index in [0.29, 0.717) is 25.5 Å². The molecule has 0 radical (unpaired) electrons. The maximum absolute atomic E-state index is 13.6. The van der Waals surface area contributed by atoms with Crippen LogP contribution in [0.15, 0.2) is 42.6 Å². The van der Waals surface area contributed by atoms with Crippen molar-refractivity contribution >= 4 is 11.8 Å². The molecule has 2 aliphatic heterocycles. The summed E-state index contributed by atoms with van der Waals surface area (Å²) in [4.78, 5) is 23.4. The number of pyridine rings is 1. The van der Waals surface area contributed by atoms with Gasteiger partial charge in [-0.25, -0.2) is 9.97 Å². The van der Waals surface area contributed by atoms with Gasteiger partial charge in [0, 0.05) is 50.5 Å². The number of piperazine rings is 1. The van der Waals surface area contributed by atoms with Crippen LogP contribution < -0.4 is 9.80 Å². The molecular formula is C28H31F6N7O. The summed E-state index contributed by atoms with van der Waals surface area (Å²) in [5.41, 5.74) is -1.45. The molecule has 4 heterocycles. The van der Waals surface area contributed by atoms with Crippen molar-refractivity contribution in [1.29, 1.82) is 0 Å². The van der Waals surface area contributed by atoms with Crippen molar-refractivity contribution in [3.05, 3.63) is 59.5 Å². The third-order valence-electron chi connectivity index (χ3n) is 7.25. The minimum atomic E-state index is -4.55. The number of halogens is 6. The lowest BCUT2D eigenvalue weighted by Crippen LogP contribution is -2.53. The number of alkyl halides is 6. The Morgan fingerprint density at radius 1 is 0.857 bits per heavy atom. The molecule has 0 aliphatic carbocycles. The Hall–Kier alpha value is -3.52. The zero-order chi connectivity index (χ0) is 30.2. The van der Waals surface area contributed by atoms with Gasteiger partial charge in [-0.2, -0.15) is 36.3 Å². The van der Waals surface area contributed by atoms with E-state index in [1.165, 1.54) is 24.4 Å². The van der Waals surface area contributed by atoms with Crippen molar-refractivity contribution in [2.75, 3.05) is 42.5 Å². The summed E-state index contributed by atoms with van der Waals surface area (Å²) in [5, 5.41) is 0. The number of ether oxygens (including phenoxy) is 1. The highest BCUT2D eigenvalue weighted by Crippen LogP contribution is 2.36. The van der Waals surface area contributed by atoms with Gasteiger partial charge in [-0.15, -0.1) is 0 Å². The minimum absolute atomic E-state index is 0.0146. The number of hydrogen-bond donors (Lipinski definition) is 0. The molecule has 0 N–H and O–H groups in total. The van der Waals surface area contributed by atoms with Crippen LogP contribution in [-0.4, -0.2) is 75.8 Å². The molecule has 2 aromatic heterocycles. The van der Waals surface area contributed by atoms with Gasteiger partial charge >= 0.3 is 12.4 Å². The zero-order valence-corrected chi connectivity index (χ0v) is 23.3. The Morgan fingerprint density at radius 3 is 2.26 bits per heavy atom. The van der Waals surface area contributed by atoms with E-state index in [-0.39, 0.29) is 61.0 Å². The first-order valence-corrected chi connectivity index (χ1v) is 13.6. The molecule has 226 valence electrons. The van der Waals surface area contributed by atoms with E-state index in [1.807, 2.05) is 25.7 Å². The molecule has 14 heteroatoms. The van der Waals surface area contributed by atoms with Gasteiger partial charge in [0.2, 0.25) is 5.95 Å². The summed E-state index contributed by atoms with van der Waals surface area (Å²) in [6, 6.07) is 6.72. The van der Waals surface area contributed by atoms with Gasteiger partial charge in [0.05, 0.1) is 29.9 Å². The van der Waals surface area contributed by atoms with Crippen LogP contribution in [0.25, 0.3) is 11.4 Å². The Balaban J connectivity index is 1.47. The van der Waals surface area contributed by atoms with Gasteiger partial charge in [-0.3, -0.25) is 4.90 Å². The van der Waals surface area contributed by atoms with Crippen LogP contribution in [-0.2, 0) is 23.6 Å². The molecular weight excluding hydrogens is 564 g/mol. The molecule has 3 unspecified atom stereocenters. The van der Waals surface area contributed by atoms with Gasteiger partial charge in [0.15, 0.2) is 5.82 Å². The molecule has 2 saturated heterocycles. The van der Waals surface area contributed by atoms with Crippen LogP contribution in [0.2, 0.25) is 0 Å². The van der Waals surface area contributed by atoms with Crippen molar-refractivity contribution in [3.63, 3.8) is 0 Å². The molecule has 3 atom stereocenters. The number of rotatable bonds is 5. The summed E-state index contributed by atoms with van der Waals surface area (Å²) in [6.45, 7) is 8.03. The topological polar surface area (TPSA) is 70.5 Å². The molecule has 2 aliphatic rings. The van der Waals surface area contributed by atoms with Gasteiger partial charge in [0.25, 0.3) is 0 Å². The van der Waals surface area contributed by atoms with Crippen molar-refractivity contribution in [2.24, 2.45) is 0 Å². The lowest BCUT2D eigenvalue weighted by Gasteiger charge is -2.41. The van der Waals surface area contributed by atoms with Gasteiger partial charge in [-0.1, -0.05) is 12.1 Å². The molecule has 1 aromatic carbocycles. The van der Waals surface area contributed by atoms with Crippen molar-refractivity contribution in [2.45, 2.75) is 57.9 Å². The molecule has 0 bridgehead atoms. The van der Waals surface area contributed by atoms with E-state index in [0.717, 1.165) is 18.2 Å². The van der Waals surface area contributed by atoms with Crippen LogP contribution in [0, 0.1) is 0 Å². The minimum Gasteiger partial charge on any atom is -0.373 e. The quantitative estimate of drug-likeness (QED) is 0.369. The molecule has 0 amide bonds. The molecule has 42 heavy (non-hydrogen) atoms. The Morgan fingerprint density at radius 2 is 1.60 bits per heavy atom. The fraction of sp³-hybridized carbons (Fsp3) is 0.500.